The molecule has 0 radical (unpaired) electrons. The maximum Gasteiger partial charge on any atom is 0.251 e. The van der Waals surface area contributed by atoms with Crippen molar-refractivity contribution in [1.29, 1.82) is 0 Å². The van der Waals surface area contributed by atoms with E-state index in [0.29, 0.717) is 26.2 Å². The Hall–Kier alpha value is -0.650. The van der Waals surface area contributed by atoms with E-state index in [9.17, 15) is 4.79 Å². The van der Waals surface area contributed by atoms with Gasteiger partial charge < -0.3 is 19.9 Å². The SMILES string of the molecule is CCC(CO)NC(=O)C1COCCO1. The van der Waals surface area contributed by atoms with Gasteiger partial charge in [-0.3, -0.25) is 4.79 Å². The van der Waals surface area contributed by atoms with Crippen LogP contribution in [-0.2, 0) is 14.3 Å². The molecule has 0 aromatic carbocycles. The Bertz CT molecular complexity index is 176. The topological polar surface area (TPSA) is 67.8 Å². The smallest absolute Gasteiger partial charge is 0.251 e. The van der Waals surface area contributed by atoms with E-state index in [4.69, 9.17) is 14.6 Å². The van der Waals surface area contributed by atoms with Gasteiger partial charge in [0.25, 0.3) is 5.91 Å². The van der Waals surface area contributed by atoms with Gasteiger partial charge in [0.2, 0.25) is 0 Å². The second-order valence-electron chi connectivity index (χ2n) is 3.23. The second-order valence-corrected chi connectivity index (χ2v) is 3.23. The average molecular weight is 203 g/mol. The lowest BCUT2D eigenvalue weighted by atomic mass is 10.2. The zero-order chi connectivity index (χ0) is 10.4. The summed E-state index contributed by atoms with van der Waals surface area (Å²) < 4.78 is 10.3. The second kappa shape index (κ2) is 5.95. The van der Waals surface area contributed by atoms with Gasteiger partial charge >= 0.3 is 0 Å². The third-order valence-electron chi connectivity index (χ3n) is 2.17. The highest BCUT2D eigenvalue weighted by Crippen LogP contribution is 2.01. The molecule has 0 aliphatic carbocycles. The van der Waals surface area contributed by atoms with Crippen molar-refractivity contribution in [3.8, 4) is 0 Å². The third kappa shape index (κ3) is 3.25. The summed E-state index contributed by atoms with van der Waals surface area (Å²) in [6, 6.07) is -0.187. The normalized spacial score (nSPS) is 24.3. The Morgan fingerprint density at radius 3 is 2.93 bits per heavy atom. The lowest BCUT2D eigenvalue weighted by Gasteiger charge is -2.24. The van der Waals surface area contributed by atoms with Crippen LogP contribution in [0.15, 0.2) is 0 Å². The molecular weight excluding hydrogens is 186 g/mol. The summed E-state index contributed by atoms with van der Waals surface area (Å²) in [5, 5.41) is 11.6. The predicted octanol–water partition coefficient (Wildman–Crippen LogP) is -0.711. The zero-order valence-electron chi connectivity index (χ0n) is 8.36. The molecule has 1 amide bonds. The molecule has 1 aliphatic heterocycles. The van der Waals surface area contributed by atoms with Crippen LogP contribution < -0.4 is 5.32 Å². The Morgan fingerprint density at radius 2 is 2.43 bits per heavy atom. The maximum absolute atomic E-state index is 11.5. The van der Waals surface area contributed by atoms with E-state index in [2.05, 4.69) is 5.32 Å². The lowest BCUT2D eigenvalue weighted by molar-refractivity contribution is -0.148. The van der Waals surface area contributed by atoms with Crippen LogP contribution in [0.25, 0.3) is 0 Å². The van der Waals surface area contributed by atoms with Crippen molar-refractivity contribution in [1.82, 2.24) is 5.32 Å². The molecule has 0 spiro atoms. The van der Waals surface area contributed by atoms with Gasteiger partial charge in [0.15, 0.2) is 6.10 Å². The fourth-order valence-corrected chi connectivity index (χ4v) is 1.21. The van der Waals surface area contributed by atoms with Gasteiger partial charge in [0.1, 0.15) is 0 Å². The molecule has 0 bridgehead atoms. The van der Waals surface area contributed by atoms with Crippen LogP contribution in [0.3, 0.4) is 0 Å². The number of aliphatic hydroxyl groups excluding tert-OH is 1. The van der Waals surface area contributed by atoms with Crippen LogP contribution >= 0.6 is 0 Å². The molecule has 2 N–H and O–H groups in total. The van der Waals surface area contributed by atoms with E-state index < -0.39 is 6.10 Å². The monoisotopic (exact) mass is 203 g/mol. The van der Waals surface area contributed by atoms with Gasteiger partial charge in [0.05, 0.1) is 32.5 Å². The Balaban J connectivity index is 2.32. The van der Waals surface area contributed by atoms with E-state index in [1.165, 1.54) is 0 Å². The summed E-state index contributed by atoms with van der Waals surface area (Å²) in [5.41, 5.74) is 0. The molecule has 5 heteroatoms. The minimum Gasteiger partial charge on any atom is -0.394 e. The highest BCUT2D eigenvalue weighted by molar-refractivity contribution is 5.81. The highest BCUT2D eigenvalue weighted by atomic mass is 16.6. The number of carbonyl (C=O) groups is 1. The summed E-state index contributed by atoms with van der Waals surface area (Å²) in [6.07, 6.45) is 0.180. The number of hydrogen-bond acceptors (Lipinski definition) is 4. The predicted molar refractivity (Wildman–Crippen MR) is 49.9 cm³/mol. The van der Waals surface area contributed by atoms with E-state index in [1.807, 2.05) is 6.92 Å². The summed E-state index contributed by atoms with van der Waals surface area (Å²) in [7, 11) is 0. The molecule has 1 saturated heterocycles. The molecule has 0 aromatic rings. The van der Waals surface area contributed by atoms with Crippen molar-refractivity contribution >= 4 is 5.91 Å². The number of nitrogens with one attached hydrogen (secondary N) is 1. The Kier molecular flexibility index (Phi) is 4.86. The summed E-state index contributed by atoms with van der Waals surface area (Å²) in [6.45, 7) is 3.15. The van der Waals surface area contributed by atoms with Gasteiger partial charge in [0, 0.05) is 0 Å². The number of amides is 1. The van der Waals surface area contributed by atoms with Crippen LogP contribution in [-0.4, -0.2) is 49.6 Å². The fourth-order valence-electron chi connectivity index (χ4n) is 1.21. The number of ether oxygens (including phenoxy) is 2. The van der Waals surface area contributed by atoms with Crippen LogP contribution in [0.1, 0.15) is 13.3 Å². The fraction of sp³-hybridized carbons (Fsp3) is 0.889. The third-order valence-corrected chi connectivity index (χ3v) is 2.17. The Labute approximate surface area is 83.4 Å². The van der Waals surface area contributed by atoms with Crippen molar-refractivity contribution < 1.29 is 19.4 Å². The number of hydrogen-bond donors (Lipinski definition) is 2. The molecule has 2 atom stereocenters. The molecular formula is C9H17NO4. The highest BCUT2D eigenvalue weighted by Gasteiger charge is 2.23. The van der Waals surface area contributed by atoms with Crippen LogP contribution in [0, 0.1) is 0 Å². The van der Waals surface area contributed by atoms with Gasteiger partial charge in [-0.1, -0.05) is 6.92 Å². The molecule has 1 heterocycles. The summed E-state index contributed by atoms with van der Waals surface area (Å²) in [5.74, 6) is -0.203. The standard InChI is InChI=1S/C9H17NO4/c1-2-7(5-11)10-9(12)8-6-13-3-4-14-8/h7-8,11H,2-6H2,1H3,(H,10,12). The molecule has 5 nitrogen and oxygen atoms in total. The first kappa shape index (κ1) is 11.4. The summed E-state index contributed by atoms with van der Waals surface area (Å²) >= 11 is 0. The van der Waals surface area contributed by atoms with Crippen molar-refractivity contribution in [2.45, 2.75) is 25.5 Å². The first-order chi connectivity index (χ1) is 6.77. The number of rotatable bonds is 4. The van der Waals surface area contributed by atoms with Crippen LogP contribution in [0.5, 0.6) is 0 Å². The Morgan fingerprint density at radius 1 is 1.64 bits per heavy atom. The zero-order valence-corrected chi connectivity index (χ0v) is 8.36. The van der Waals surface area contributed by atoms with Gasteiger partial charge in [-0.05, 0) is 6.42 Å². The van der Waals surface area contributed by atoms with Gasteiger partial charge in [-0.2, -0.15) is 0 Å². The van der Waals surface area contributed by atoms with Crippen LogP contribution in [0.2, 0.25) is 0 Å². The number of carbonyl (C=O) groups excluding carboxylic acids is 1. The molecule has 0 saturated carbocycles. The molecule has 1 aliphatic rings. The van der Waals surface area contributed by atoms with Crippen molar-refractivity contribution in [2.24, 2.45) is 0 Å². The largest absolute Gasteiger partial charge is 0.394 e. The first-order valence-corrected chi connectivity index (χ1v) is 4.88. The number of aliphatic hydroxyl groups is 1. The minimum atomic E-state index is -0.524. The van der Waals surface area contributed by atoms with Crippen molar-refractivity contribution in [2.75, 3.05) is 26.4 Å². The molecule has 1 rings (SSSR count). The quantitative estimate of drug-likeness (QED) is 0.633. The van der Waals surface area contributed by atoms with Crippen molar-refractivity contribution in [3.05, 3.63) is 0 Å². The van der Waals surface area contributed by atoms with E-state index in [0.717, 1.165) is 0 Å². The molecule has 2 unspecified atom stereocenters. The summed E-state index contributed by atoms with van der Waals surface area (Å²) in [4.78, 5) is 11.5. The van der Waals surface area contributed by atoms with E-state index >= 15 is 0 Å². The van der Waals surface area contributed by atoms with Gasteiger partial charge in [-0.15, -0.1) is 0 Å². The van der Waals surface area contributed by atoms with Gasteiger partial charge in [-0.25, -0.2) is 0 Å². The average Bonchev–Trinajstić information content (AvgIpc) is 2.26. The maximum atomic E-state index is 11.5. The molecule has 82 valence electrons. The van der Waals surface area contributed by atoms with E-state index in [1.54, 1.807) is 0 Å². The minimum absolute atomic E-state index is 0.0458. The molecule has 1 fully saturated rings. The van der Waals surface area contributed by atoms with Crippen molar-refractivity contribution in [3.63, 3.8) is 0 Å². The van der Waals surface area contributed by atoms with Crippen LogP contribution in [0.4, 0.5) is 0 Å². The lowest BCUT2D eigenvalue weighted by Crippen LogP contribution is -2.47. The molecule has 0 aromatic heterocycles. The first-order valence-electron chi connectivity index (χ1n) is 4.88. The molecule has 14 heavy (non-hydrogen) atoms. The van der Waals surface area contributed by atoms with E-state index in [-0.39, 0.29) is 18.6 Å².